The first-order valence-corrected chi connectivity index (χ1v) is 11.0. The van der Waals surface area contributed by atoms with E-state index in [0.717, 1.165) is 11.6 Å². The van der Waals surface area contributed by atoms with Gasteiger partial charge in [0, 0.05) is 24.7 Å². The molecule has 0 bridgehead atoms. The Balaban J connectivity index is 1.64. The van der Waals surface area contributed by atoms with Gasteiger partial charge in [-0.05, 0) is 56.5 Å². The predicted octanol–water partition coefficient (Wildman–Crippen LogP) is 4.36. The third-order valence-electron chi connectivity index (χ3n) is 5.29. The summed E-state index contributed by atoms with van der Waals surface area (Å²) in [5.74, 6) is -0.871. The molecule has 0 spiro atoms. The highest BCUT2D eigenvalue weighted by Gasteiger charge is 2.34. The summed E-state index contributed by atoms with van der Waals surface area (Å²) in [7, 11) is -3.64. The standard InChI is InChI=1S/C21H23F3N2O3S/c1-14-3-7-18(8-4-14)30(28,29)26-11-9-16(10-12-26)20(27)25-17-6-5-15(2)19(13-17)21(22,23)24/h3-8,13,16H,9-12H2,1-2H3,(H,25,27). The lowest BCUT2D eigenvalue weighted by Crippen LogP contribution is -2.41. The molecule has 0 aromatic heterocycles. The number of anilines is 1. The lowest BCUT2D eigenvalue weighted by atomic mass is 9.97. The Labute approximate surface area is 173 Å². The molecule has 1 saturated heterocycles. The number of rotatable bonds is 4. The minimum atomic E-state index is -4.50. The van der Waals surface area contributed by atoms with Crippen molar-refractivity contribution in [2.45, 2.75) is 37.8 Å². The van der Waals surface area contributed by atoms with Gasteiger partial charge in [-0.25, -0.2) is 8.42 Å². The van der Waals surface area contributed by atoms with Crippen molar-refractivity contribution >= 4 is 21.6 Å². The second-order valence-corrected chi connectivity index (χ2v) is 9.45. The fraction of sp³-hybridized carbons (Fsp3) is 0.381. The van der Waals surface area contributed by atoms with Crippen LogP contribution >= 0.6 is 0 Å². The highest BCUT2D eigenvalue weighted by molar-refractivity contribution is 7.89. The van der Waals surface area contributed by atoms with Gasteiger partial charge in [-0.3, -0.25) is 4.79 Å². The summed E-state index contributed by atoms with van der Waals surface area (Å²) in [4.78, 5) is 12.7. The quantitative estimate of drug-likeness (QED) is 0.768. The molecule has 1 aliphatic heterocycles. The van der Waals surface area contributed by atoms with Crippen LogP contribution in [0.1, 0.15) is 29.5 Å². The molecule has 9 heteroatoms. The van der Waals surface area contributed by atoms with Crippen molar-refractivity contribution in [2.75, 3.05) is 18.4 Å². The van der Waals surface area contributed by atoms with Gasteiger partial charge in [0.2, 0.25) is 15.9 Å². The van der Waals surface area contributed by atoms with E-state index in [1.165, 1.54) is 23.4 Å². The Morgan fingerprint density at radius 2 is 1.63 bits per heavy atom. The number of benzene rings is 2. The number of carbonyl (C=O) groups is 1. The maximum absolute atomic E-state index is 13.1. The summed E-state index contributed by atoms with van der Waals surface area (Å²) in [6.07, 6.45) is -3.90. The van der Waals surface area contributed by atoms with Crippen LogP contribution in [0.25, 0.3) is 0 Å². The van der Waals surface area contributed by atoms with E-state index < -0.39 is 33.6 Å². The van der Waals surface area contributed by atoms with E-state index in [1.54, 1.807) is 24.3 Å². The molecule has 0 aliphatic carbocycles. The summed E-state index contributed by atoms with van der Waals surface area (Å²) < 4.78 is 66.0. The molecule has 1 fully saturated rings. The number of carbonyl (C=O) groups excluding carboxylic acids is 1. The van der Waals surface area contributed by atoms with E-state index in [2.05, 4.69) is 5.32 Å². The largest absolute Gasteiger partial charge is 0.416 e. The second kappa shape index (κ2) is 8.39. The van der Waals surface area contributed by atoms with Crippen molar-refractivity contribution in [3.8, 4) is 0 Å². The molecule has 162 valence electrons. The number of aryl methyl sites for hydroxylation is 2. The van der Waals surface area contributed by atoms with Crippen molar-refractivity contribution in [2.24, 2.45) is 5.92 Å². The highest BCUT2D eigenvalue weighted by Crippen LogP contribution is 2.34. The molecule has 1 heterocycles. The SMILES string of the molecule is Cc1ccc(S(=O)(=O)N2CCC(C(=O)Nc3ccc(C)c(C(F)(F)F)c3)CC2)cc1. The molecule has 2 aromatic carbocycles. The zero-order valence-electron chi connectivity index (χ0n) is 16.7. The Morgan fingerprint density at radius 1 is 1.03 bits per heavy atom. The number of amides is 1. The number of piperidine rings is 1. The summed E-state index contributed by atoms with van der Waals surface area (Å²) >= 11 is 0. The minimum absolute atomic E-state index is 0.0765. The summed E-state index contributed by atoms with van der Waals surface area (Å²) in [6, 6.07) is 10.2. The van der Waals surface area contributed by atoms with Crippen molar-refractivity contribution in [3.63, 3.8) is 0 Å². The molecular formula is C21H23F3N2O3S. The van der Waals surface area contributed by atoms with Gasteiger partial charge in [0.1, 0.15) is 0 Å². The van der Waals surface area contributed by atoms with Gasteiger partial charge in [-0.15, -0.1) is 0 Å². The van der Waals surface area contributed by atoms with Crippen LogP contribution < -0.4 is 5.32 Å². The summed E-state index contributed by atoms with van der Waals surface area (Å²) in [5, 5.41) is 2.54. The average Bonchev–Trinajstić information content (AvgIpc) is 2.69. The molecule has 3 rings (SSSR count). The van der Waals surface area contributed by atoms with E-state index in [0.29, 0.717) is 12.8 Å². The van der Waals surface area contributed by atoms with Crippen LogP contribution in [0.5, 0.6) is 0 Å². The van der Waals surface area contributed by atoms with Crippen LogP contribution in [0, 0.1) is 19.8 Å². The van der Waals surface area contributed by atoms with Gasteiger partial charge in [-0.2, -0.15) is 17.5 Å². The Bertz CT molecular complexity index is 1030. The van der Waals surface area contributed by atoms with Gasteiger partial charge in [-0.1, -0.05) is 23.8 Å². The van der Waals surface area contributed by atoms with Gasteiger partial charge >= 0.3 is 6.18 Å². The van der Waals surface area contributed by atoms with Crippen LogP contribution in [0.4, 0.5) is 18.9 Å². The fourth-order valence-electron chi connectivity index (χ4n) is 3.47. The van der Waals surface area contributed by atoms with Crippen LogP contribution in [0.15, 0.2) is 47.4 Å². The van der Waals surface area contributed by atoms with E-state index in [-0.39, 0.29) is 29.2 Å². The third-order valence-corrected chi connectivity index (χ3v) is 7.21. The lowest BCUT2D eigenvalue weighted by Gasteiger charge is -2.30. The lowest BCUT2D eigenvalue weighted by molar-refractivity contribution is -0.138. The smallest absolute Gasteiger partial charge is 0.326 e. The van der Waals surface area contributed by atoms with Crippen molar-refractivity contribution < 1.29 is 26.4 Å². The first-order chi connectivity index (χ1) is 14.0. The topological polar surface area (TPSA) is 66.5 Å². The van der Waals surface area contributed by atoms with E-state index in [4.69, 9.17) is 0 Å². The van der Waals surface area contributed by atoms with Gasteiger partial charge in [0.25, 0.3) is 0 Å². The van der Waals surface area contributed by atoms with Crippen molar-refractivity contribution in [1.29, 1.82) is 0 Å². The maximum Gasteiger partial charge on any atom is 0.416 e. The Morgan fingerprint density at radius 3 is 2.20 bits per heavy atom. The van der Waals surface area contributed by atoms with E-state index >= 15 is 0 Å². The van der Waals surface area contributed by atoms with Gasteiger partial charge < -0.3 is 5.32 Å². The molecule has 5 nitrogen and oxygen atoms in total. The molecule has 0 radical (unpaired) electrons. The monoisotopic (exact) mass is 440 g/mol. The number of nitrogens with zero attached hydrogens (tertiary/aromatic N) is 1. The number of nitrogens with one attached hydrogen (secondary N) is 1. The average molecular weight is 440 g/mol. The van der Waals surface area contributed by atoms with Crippen LogP contribution in [-0.4, -0.2) is 31.7 Å². The predicted molar refractivity (Wildman–Crippen MR) is 107 cm³/mol. The molecule has 2 aromatic rings. The zero-order valence-corrected chi connectivity index (χ0v) is 17.5. The first-order valence-electron chi connectivity index (χ1n) is 9.54. The minimum Gasteiger partial charge on any atom is -0.326 e. The van der Waals surface area contributed by atoms with Crippen LogP contribution in [0.3, 0.4) is 0 Å². The van der Waals surface area contributed by atoms with Crippen molar-refractivity contribution in [1.82, 2.24) is 4.31 Å². The molecule has 0 atom stereocenters. The Kier molecular flexibility index (Phi) is 6.24. The highest BCUT2D eigenvalue weighted by atomic mass is 32.2. The fourth-order valence-corrected chi connectivity index (χ4v) is 4.94. The van der Waals surface area contributed by atoms with Gasteiger partial charge in [0.15, 0.2) is 0 Å². The third kappa shape index (κ3) is 4.84. The summed E-state index contributed by atoms with van der Waals surface area (Å²) in [6.45, 7) is 3.58. The zero-order chi connectivity index (χ0) is 22.1. The number of alkyl halides is 3. The van der Waals surface area contributed by atoms with Crippen LogP contribution in [-0.2, 0) is 21.0 Å². The number of hydrogen-bond acceptors (Lipinski definition) is 3. The van der Waals surface area contributed by atoms with E-state index in [9.17, 15) is 26.4 Å². The number of hydrogen-bond donors (Lipinski definition) is 1. The molecule has 30 heavy (non-hydrogen) atoms. The number of halogens is 3. The second-order valence-electron chi connectivity index (χ2n) is 7.51. The molecule has 1 amide bonds. The summed E-state index contributed by atoms with van der Waals surface area (Å²) in [5.41, 5.74) is 0.316. The molecule has 1 N–H and O–H groups in total. The van der Waals surface area contributed by atoms with Crippen LogP contribution in [0.2, 0.25) is 0 Å². The molecule has 0 unspecified atom stereocenters. The van der Waals surface area contributed by atoms with Crippen molar-refractivity contribution in [3.05, 3.63) is 59.2 Å². The number of sulfonamides is 1. The normalized spacial score (nSPS) is 16.4. The van der Waals surface area contributed by atoms with E-state index in [1.807, 2.05) is 6.92 Å². The first kappa shape index (κ1) is 22.3. The Hall–Kier alpha value is -2.39. The maximum atomic E-state index is 13.1. The van der Waals surface area contributed by atoms with Gasteiger partial charge in [0.05, 0.1) is 10.5 Å². The molecule has 1 aliphatic rings. The molecule has 0 saturated carbocycles. The molecular weight excluding hydrogens is 417 g/mol.